The maximum Gasteiger partial charge on any atom is 0.244 e. The number of methoxy groups -OCH3 is 1. The van der Waals surface area contributed by atoms with Gasteiger partial charge in [0, 0.05) is 36.9 Å². The van der Waals surface area contributed by atoms with Crippen LogP contribution >= 0.6 is 11.9 Å². The van der Waals surface area contributed by atoms with E-state index in [1.807, 2.05) is 43.0 Å². The molecular formula is C23H39N3O4S. The van der Waals surface area contributed by atoms with E-state index < -0.39 is 5.91 Å². The lowest BCUT2D eigenvalue weighted by Crippen LogP contribution is -2.41. The lowest BCUT2D eigenvalue weighted by Gasteiger charge is -2.30. The molecule has 176 valence electrons. The highest BCUT2D eigenvalue weighted by molar-refractivity contribution is 7.97. The molecule has 0 aliphatic carbocycles. The maximum absolute atomic E-state index is 12.3. The molecule has 3 N–H and O–H groups in total. The van der Waals surface area contributed by atoms with E-state index in [1.54, 1.807) is 24.5 Å². The van der Waals surface area contributed by atoms with E-state index in [0.29, 0.717) is 12.3 Å². The summed E-state index contributed by atoms with van der Waals surface area (Å²) in [4.78, 5) is 26.7. The van der Waals surface area contributed by atoms with Crippen LogP contribution in [0.1, 0.15) is 59.3 Å². The van der Waals surface area contributed by atoms with Crippen LogP contribution in [0.5, 0.6) is 5.75 Å². The molecule has 1 aliphatic heterocycles. The number of hydroxylamine groups is 1. The van der Waals surface area contributed by atoms with E-state index in [2.05, 4.69) is 11.6 Å². The van der Waals surface area contributed by atoms with Crippen molar-refractivity contribution < 1.29 is 19.5 Å². The first kappa shape index (κ1) is 27.3. The highest BCUT2D eigenvalue weighted by Crippen LogP contribution is 2.21. The second kappa shape index (κ2) is 15.9. The average molecular weight is 454 g/mol. The van der Waals surface area contributed by atoms with Crippen LogP contribution in [0.3, 0.4) is 0 Å². The summed E-state index contributed by atoms with van der Waals surface area (Å²) in [6.45, 7) is 8.86. The molecule has 0 aromatic heterocycles. The van der Waals surface area contributed by atoms with Crippen LogP contribution in [-0.2, 0) is 9.59 Å². The molecule has 0 bridgehead atoms. The van der Waals surface area contributed by atoms with E-state index in [-0.39, 0.29) is 18.2 Å². The summed E-state index contributed by atoms with van der Waals surface area (Å²) < 4.78 is 8.33. The number of ether oxygens (including phenoxy) is 1. The quantitative estimate of drug-likeness (QED) is 0.212. The highest BCUT2D eigenvalue weighted by atomic mass is 32.2. The van der Waals surface area contributed by atoms with Gasteiger partial charge >= 0.3 is 0 Å². The van der Waals surface area contributed by atoms with E-state index in [1.165, 1.54) is 11.3 Å². The van der Waals surface area contributed by atoms with E-state index in [9.17, 15) is 9.59 Å². The Morgan fingerprint density at radius 3 is 2.32 bits per heavy atom. The zero-order chi connectivity index (χ0) is 23.1. The SMILES string of the molecule is CC(C)C[C@H](CC(=O)NO)C(=O)N1CCCCC1.CCCNSc1ccc(OC)cc1. The molecule has 0 unspecified atom stereocenters. The first-order chi connectivity index (χ1) is 14.9. The lowest BCUT2D eigenvalue weighted by molar-refractivity contribution is -0.141. The summed E-state index contributed by atoms with van der Waals surface area (Å²) in [5.41, 5.74) is 1.62. The van der Waals surface area contributed by atoms with Gasteiger partial charge in [-0.2, -0.15) is 0 Å². The fourth-order valence-corrected chi connectivity index (χ4v) is 4.11. The lowest BCUT2D eigenvalue weighted by atomic mass is 9.92. The van der Waals surface area contributed by atoms with Crippen LogP contribution in [0.15, 0.2) is 29.2 Å². The standard InChI is InChI=1S/C13H24N2O3.C10H15NOS/c1-10(2)8-11(9-12(16)14-18)13(17)15-6-4-3-5-7-15;1-3-8-11-13-10-6-4-9(12-2)5-7-10/h10-11,18H,3-9H2,1-2H3,(H,14,16);4-7,11H,3,8H2,1-2H3/t11-;/m1./s1. The predicted octanol–water partition coefficient (Wildman–Crippen LogP) is 4.26. The molecule has 8 heteroatoms. The molecular weight excluding hydrogens is 414 g/mol. The third kappa shape index (κ3) is 11.4. The minimum atomic E-state index is -0.481. The first-order valence-corrected chi connectivity index (χ1v) is 12.0. The molecule has 7 nitrogen and oxygen atoms in total. The summed E-state index contributed by atoms with van der Waals surface area (Å²) in [6, 6.07) is 8.03. The number of carbonyl (C=O) groups excluding carboxylic acids is 2. The summed E-state index contributed by atoms with van der Waals surface area (Å²) in [5.74, 6) is 0.531. The smallest absolute Gasteiger partial charge is 0.244 e. The maximum atomic E-state index is 12.3. The fourth-order valence-electron chi connectivity index (χ4n) is 3.36. The van der Waals surface area contributed by atoms with Crippen LogP contribution in [0.4, 0.5) is 0 Å². The molecule has 1 aliphatic rings. The number of rotatable bonds is 10. The van der Waals surface area contributed by atoms with Crippen molar-refractivity contribution in [2.45, 2.75) is 64.2 Å². The van der Waals surface area contributed by atoms with Gasteiger partial charge in [0.05, 0.1) is 7.11 Å². The third-order valence-electron chi connectivity index (χ3n) is 4.93. The normalized spacial score (nSPS) is 14.5. The zero-order valence-electron chi connectivity index (χ0n) is 19.4. The largest absolute Gasteiger partial charge is 0.497 e. The molecule has 2 amide bonds. The molecule has 2 rings (SSSR count). The Morgan fingerprint density at radius 2 is 1.81 bits per heavy atom. The van der Waals surface area contributed by atoms with Gasteiger partial charge in [0.15, 0.2) is 0 Å². The van der Waals surface area contributed by atoms with Gasteiger partial charge in [-0.05, 0) is 74.2 Å². The minimum Gasteiger partial charge on any atom is -0.497 e. The van der Waals surface area contributed by atoms with E-state index >= 15 is 0 Å². The van der Waals surface area contributed by atoms with Gasteiger partial charge in [-0.3, -0.25) is 19.5 Å². The Kier molecular flexibility index (Phi) is 14.0. The van der Waals surface area contributed by atoms with Crippen molar-refractivity contribution in [3.63, 3.8) is 0 Å². The molecule has 0 radical (unpaired) electrons. The van der Waals surface area contributed by atoms with Gasteiger partial charge in [-0.15, -0.1) is 0 Å². The van der Waals surface area contributed by atoms with Crippen LogP contribution in [0, 0.1) is 11.8 Å². The number of amides is 2. The van der Waals surface area contributed by atoms with Crippen LogP contribution in [0.2, 0.25) is 0 Å². The molecule has 0 spiro atoms. The number of carbonyl (C=O) groups is 2. The molecule has 31 heavy (non-hydrogen) atoms. The van der Waals surface area contributed by atoms with Gasteiger partial charge in [0.1, 0.15) is 5.75 Å². The Labute approximate surface area is 191 Å². The molecule has 1 fully saturated rings. The average Bonchev–Trinajstić information content (AvgIpc) is 2.79. The Morgan fingerprint density at radius 1 is 1.16 bits per heavy atom. The molecule has 1 heterocycles. The van der Waals surface area contributed by atoms with Gasteiger partial charge in [0.2, 0.25) is 11.8 Å². The van der Waals surface area contributed by atoms with Gasteiger partial charge in [0.25, 0.3) is 0 Å². The Hall–Kier alpha value is -1.77. The topological polar surface area (TPSA) is 90.9 Å². The summed E-state index contributed by atoms with van der Waals surface area (Å²) in [6.07, 6.45) is 5.18. The molecule has 1 atom stereocenters. The molecule has 1 aromatic rings. The molecule has 1 saturated heterocycles. The van der Waals surface area contributed by atoms with Crippen LogP contribution in [0.25, 0.3) is 0 Å². The van der Waals surface area contributed by atoms with Crippen molar-refractivity contribution in [1.82, 2.24) is 15.1 Å². The van der Waals surface area contributed by atoms with Crippen molar-refractivity contribution in [2.75, 3.05) is 26.7 Å². The van der Waals surface area contributed by atoms with E-state index in [0.717, 1.165) is 44.6 Å². The van der Waals surface area contributed by atoms with Crippen LogP contribution in [-0.4, -0.2) is 48.7 Å². The van der Waals surface area contributed by atoms with Crippen molar-refractivity contribution in [1.29, 1.82) is 0 Å². The Bertz CT molecular complexity index is 634. The summed E-state index contributed by atoms with van der Waals surface area (Å²) in [5, 5.41) is 8.59. The number of nitrogens with one attached hydrogen (secondary N) is 2. The van der Waals surface area contributed by atoms with E-state index in [4.69, 9.17) is 9.94 Å². The number of likely N-dealkylation sites (tertiary alicyclic amines) is 1. The van der Waals surface area contributed by atoms with Crippen molar-refractivity contribution >= 4 is 23.8 Å². The van der Waals surface area contributed by atoms with Crippen molar-refractivity contribution in [3.8, 4) is 5.75 Å². The van der Waals surface area contributed by atoms with Crippen LogP contribution < -0.4 is 14.9 Å². The monoisotopic (exact) mass is 453 g/mol. The second-order valence-electron chi connectivity index (χ2n) is 8.12. The van der Waals surface area contributed by atoms with Crippen molar-refractivity contribution in [3.05, 3.63) is 24.3 Å². The van der Waals surface area contributed by atoms with Crippen molar-refractivity contribution in [2.24, 2.45) is 11.8 Å². The highest BCUT2D eigenvalue weighted by Gasteiger charge is 2.28. The van der Waals surface area contributed by atoms with Gasteiger partial charge < -0.3 is 9.64 Å². The minimum absolute atomic E-state index is 0.0620. The molecule has 0 saturated carbocycles. The molecule has 1 aromatic carbocycles. The number of piperidine rings is 1. The third-order valence-corrected chi connectivity index (χ3v) is 5.79. The predicted molar refractivity (Wildman–Crippen MR) is 125 cm³/mol. The number of benzene rings is 1. The summed E-state index contributed by atoms with van der Waals surface area (Å²) >= 11 is 1.66. The first-order valence-electron chi connectivity index (χ1n) is 11.2. The Balaban J connectivity index is 0.000000327. The number of hydrogen-bond donors (Lipinski definition) is 3. The van der Waals surface area contributed by atoms with Gasteiger partial charge in [-0.25, -0.2) is 5.48 Å². The summed E-state index contributed by atoms with van der Waals surface area (Å²) in [7, 11) is 1.68. The van der Waals surface area contributed by atoms with Gasteiger partial charge in [-0.1, -0.05) is 20.8 Å². The zero-order valence-corrected chi connectivity index (χ0v) is 20.2. The second-order valence-corrected chi connectivity index (χ2v) is 9.09. The number of nitrogens with zero attached hydrogens (tertiary/aromatic N) is 1. The fraction of sp³-hybridized carbons (Fsp3) is 0.652. The number of hydrogen-bond acceptors (Lipinski definition) is 6.